The molecule has 0 saturated heterocycles. The number of nitrogens with zero attached hydrogens (tertiary/aromatic N) is 8. The number of fused-ring (bicyclic) bond motifs is 2. The van der Waals surface area contributed by atoms with Crippen molar-refractivity contribution in [3.05, 3.63) is 130 Å². The Morgan fingerprint density at radius 3 is 1.34 bits per heavy atom. The van der Waals surface area contributed by atoms with E-state index in [1.165, 1.54) is 14.2 Å². The molecule has 71 heavy (non-hydrogen) atoms. The number of methoxy groups -OCH3 is 3. The van der Waals surface area contributed by atoms with Gasteiger partial charge in [-0.3, -0.25) is 9.97 Å². The van der Waals surface area contributed by atoms with Crippen LogP contribution in [0, 0.1) is 0 Å². The van der Waals surface area contributed by atoms with Crippen LogP contribution in [0.1, 0.15) is 74.6 Å². The molecule has 6 heterocycles. The minimum absolute atomic E-state index is 0. The largest absolute Gasteiger partial charge is 1.00 e. The summed E-state index contributed by atoms with van der Waals surface area (Å²) in [5, 5.41) is 18.6. The fourth-order valence-electron chi connectivity index (χ4n) is 9.54. The van der Waals surface area contributed by atoms with Gasteiger partial charge in [0, 0.05) is 71.8 Å². The first-order valence-electron chi connectivity index (χ1n) is 22.5. The van der Waals surface area contributed by atoms with Gasteiger partial charge in [-0.25, -0.2) is 19.6 Å². The predicted octanol–water partition coefficient (Wildman–Crippen LogP) is 6.78. The monoisotopic (exact) mass is 1080 g/mol. The Kier molecular flexibility index (Phi) is 16.5. The van der Waals surface area contributed by atoms with Crippen LogP contribution in [0.15, 0.2) is 119 Å². The second kappa shape index (κ2) is 22.2. The maximum absolute atomic E-state index is 12.3. The van der Waals surface area contributed by atoms with Gasteiger partial charge in [0.15, 0.2) is 22.5 Å². The number of rotatable bonds is 10. The SMILES string of the molecule is COC(=O)C1(OC)CCC(c2nc3c(-c4ccc(-c5ccccc5)nc4)cnn3c(N)c2Br)CC1.COC1(C(=O)O)CCC(c2nc3c(-c4ccc(-c5ccccc5)nc4)cnn3c(N)c2Br)CC1.[Li+].[OH-]. The third-order valence-electron chi connectivity index (χ3n) is 13.7. The molecule has 0 spiro atoms. The standard InChI is InChI=1S/C26H26BrN5O3.C25H24BrN5O3.Li.H2O/c1-34-25(33)26(35-2)12-10-17(11-13-26)22-21(27)23(28)32-24(31-22)19(15-30-32)18-8-9-20(29-14-18)16-6-4-3-5-7-16;1-34-25(24(32)33)11-9-16(10-12-25)21-20(26)22(27)31-23(30-21)18(14-29-31)17-7-8-19(28-13-17)15-5-3-2-4-6-15;;/h3-9,14-15,17H,10-13,28H2,1-2H3;2-8,13-14,16H,9-12,27H2,1H3,(H,32,33);;1H2/q;;+1;/p-1. The molecule has 20 heteroatoms. The molecule has 0 atom stereocenters. The van der Waals surface area contributed by atoms with Gasteiger partial charge in [-0.05, 0) is 95.4 Å². The number of aliphatic carboxylic acids is 1. The van der Waals surface area contributed by atoms with Crippen LogP contribution in [0.5, 0.6) is 0 Å². The molecule has 0 bridgehead atoms. The molecule has 2 aromatic carbocycles. The Balaban J connectivity index is 0.000000203. The van der Waals surface area contributed by atoms with Crippen LogP contribution < -0.4 is 30.3 Å². The van der Waals surface area contributed by atoms with Gasteiger partial charge in [0.1, 0.15) is 11.6 Å². The number of carbonyl (C=O) groups excluding carboxylic acids is 1. The smallest absolute Gasteiger partial charge is 0.870 e. The summed E-state index contributed by atoms with van der Waals surface area (Å²) < 4.78 is 20.6. The van der Waals surface area contributed by atoms with Crippen LogP contribution in [0.2, 0.25) is 0 Å². The van der Waals surface area contributed by atoms with Crippen molar-refractivity contribution >= 4 is 66.7 Å². The fraction of sp³-hybridized carbons (Fsp3) is 0.294. The summed E-state index contributed by atoms with van der Waals surface area (Å²) in [6.45, 7) is 0. The van der Waals surface area contributed by atoms with Crippen molar-refractivity contribution in [1.29, 1.82) is 0 Å². The molecule has 2 saturated carbocycles. The van der Waals surface area contributed by atoms with E-state index in [-0.39, 0.29) is 42.1 Å². The summed E-state index contributed by atoms with van der Waals surface area (Å²) in [7, 11) is 4.41. The van der Waals surface area contributed by atoms with Gasteiger partial charge in [-0.15, -0.1) is 0 Å². The van der Waals surface area contributed by atoms with Crippen molar-refractivity contribution in [2.75, 3.05) is 32.8 Å². The van der Waals surface area contributed by atoms with Gasteiger partial charge in [0.25, 0.3) is 0 Å². The van der Waals surface area contributed by atoms with Gasteiger partial charge in [-0.1, -0.05) is 72.8 Å². The molecule has 17 nitrogen and oxygen atoms in total. The number of ether oxygens (including phenoxy) is 3. The zero-order valence-electron chi connectivity index (χ0n) is 39.6. The summed E-state index contributed by atoms with van der Waals surface area (Å²) in [6.07, 6.45) is 11.8. The van der Waals surface area contributed by atoms with Crippen molar-refractivity contribution in [2.24, 2.45) is 0 Å². The molecule has 8 aromatic rings. The second-order valence-electron chi connectivity index (χ2n) is 17.3. The number of nitrogens with two attached hydrogens (primary N) is 2. The summed E-state index contributed by atoms with van der Waals surface area (Å²) in [5.74, 6) is -0.120. The first kappa shape index (κ1) is 52.8. The van der Waals surface area contributed by atoms with E-state index in [4.69, 9.17) is 35.6 Å². The molecule has 2 fully saturated rings. The number of carbonyl (C=O) groups is 2. The quantitative estimate of drug-likeness (QED) is 0.0944. The van der Waals surface area contributed by atoms with Gasteiger partial charge in [0.2, 0.25) is 0 Å². The number of halogens is 2. The third-order valence-corrected chi connectivity index (χ3v) is 15.3. The van der Waals surface area contributed by atoms with E-state index in [0.29, 0.717) is 65.9 Å². The molecule has 6 aromatic heterocycles. The molecular weight excluding hydrogens is 1030 g/mol. The number of hydrogen-bond donors (Lipinski definition) is 3. The van der Waals surface area contributed by atoms with Crippen molar-refractivity contribution in [2.45, 2.75) is 74.4 Å². The van der Waals surface area contributed by atoms with Crippen LogP contribution in [-0.4, -0.2) is 94.2 Å². The van der Waals surface area contributed by atoms with Gasteiger partial charge in [0.05, 0.1) is 51.2 Å². The number of esters is 1. The number of pyridine rings is 2. The molecule has 0 amide bonds. The van der Waals surface area contributed by atoms with E-state index in [1.807, 2.05) is 97.3 Å². The zero-order chi connectivity index (χ0) is 48.5. The van der Waals surface area contributed by atoms with Crippen LogP contribution in [0.25, 0.3) is 56.1 Å². The van der Waals surface area contributed by atoms with Crippen LogP contribution in [-0.2, 0) is 23.8 Å². The fourth-order valence-corrected chi connectivity index (χ4v) is 10.7. The number of anilines is 2. The van der Waals surface area contributed by atoms with Crippen molar-refractivity contribution in [3.63, 3.8) is 0 Å². The molecule has 6 N–H and O–H groups in total. The van der Waals surface area contributed by atoms with Crippen molar-refractivity contribution in [3.8, 4) is 44.8 Å². The number of aromatic nitrogens is 8. The molecule has 2 aliphatic rings. The van der Waals surface area contributed by atoms with E-state index in [0.717, 1.165) is 73.5 Å². The first-order chi connectivity index (χ1) is 33.4. The maximum Gasteiger partial charge on any atom is 1.00 e. The summed E-state index contributed by atoms with van der Waals surface area (Å²) in [5.41, 5.74) is 21.2. The normalized spacial score (nSPS) is 19.7. The number of hydrogen-bond acceptors (Lipinski definition) is 14. The molecule has 0 radical (unpaired) electrons. The van der Waals surface area contributed by atoms with Gasteiger partial charge >= 0.3 is 30.8 Å². The topological polar surface area (TPSA) is 250 Å². The molecule has 10 rings (SSSR count). The van der Waals surface area contributed by atoms with E-state index < -0.39 is 17.2 Å². The van der Waals surface area contributed by atoms with Crippen LogP contribution >= 0.6 is 31.9 Å². The third kappa shape index (κ3) is 10.1. The summed E-state index contributed by atoms with van der Waals surface area (Å²) >= 11 is 7.25. The van der Waals surface area contributed by atoms with Crippen LogP contribution in [0.4, 0.5) is 11.6 Å². The van der Waals surface area contributed by atoms with Gasteiger partial charge in [-0.2, -0.15) is 19.2 Å². The Labute approximate surface area is 438 Å². The van der Waals surface area contributed by atoms with Crippen LogP contribution in [0.3, 0.4) is 0 Å². The number of nitrogen functional groups attached to an aromatic ring is 2. The summed E-state index contributed by atoms with van der Waals surface area (Å²) in [4.78, 5) is 43.3. The number of carboxylic acid groups (broad SMARTS) is 1. The zero-order valence-corrected chi connectivity index (χ0v) is 42.8. The Bertz CT molecular complexity index is 3150. The molecule has 0 aliphatic heterocycles. The Morgan fingerprint density at radius 2 is 1.00 bits per heavy atom. The first-order valence-corrected chi connectivity index (χ1v) is 24.1. The molecule has 362 valence electrons. The number of benzene rings is 2. The van der Waals surface area contributed by atoms with Crippen molar-refractivity contribution < 1.29 is 53.2 Å². The van der Waals surface area contributed by atoms with Crippen molar-refractivity contribution in [1.82, 2.24) is 39.2 Å². The maximum atomic E-state index is 12.3. The van der Waals surface area contributed by atoms with E-state index in [1.54, 1.807) is 28.5 Å². The summed E-state index contributed by atoms with van der Waals surface area (Å²) in [6, 6.07) is 28.1. The second-order valence-corrected chi connectivity index (χ2v) is 18.9. The average molecular weight is 1080 g/mol. The Morgan fingerprint density at radius 1 is 0.606 bits per heavy atom. The van der Waals surface area contributed by atoms with E-state index in [2.05, 4.69) is 52.0 Å². The predicted molar refractivity (Wildman–Crippen MR) is 271 cm³/mol. The molecule has 0 unspecified atom stereocenters. The minimum atomic E-state index is -1.13. The minimum Gasteiger partial charge on any atom is -0.870 e. The molecule has 2 aliphatic carbocycles. The Hall–Kier alpha value is -6.04. The number of carboxylic acids is 1. The van der Waals surface area contributed by atoms with Gasteiger partial charge < -0.3 is 36.3 Å². The average Bonchev–Trinajstić information content (AvgIpc) is 4.04. The molecular formula is C51H51Br2LiN10O7. The van der Waals surface area contributed by atoms with E-state index in [9.17, 15) is 14.7 Å². The van der Waals surface area contributed by atoms with E-state index >= 15 is 0 Å².